The second-order valence-corrected chi connectivity index (χ2v) is 7.75. The molecule has 2 aliphatic carbocycles. The number of aromatic nitrogens is 1. The summed E-state index contributed by atoms with van der Waals surface area (Å²) in [4.78, 5) is 40.8. The van der Waals surface area contributed by atoms with Crippen molar-refractivity contribution in [1.82, 2.24) is 4.98 Å². The molecule has 132 valence electrons. The summed E-state index contributed by atoms with van der Waals surface area (Å²) < 4.78 is 5.18. The van der Waals surface area contributed by atoms with Gasteiger partial charge in [-0.05, 0) is 32.6 Å². The summed E-state index contributed by atoms with van der Waals surface area (Å²) in [5.74, 6) is -1.99. The summed E-state index contributed by atoms with van der Waals surface area (Å²) in [6.45, 7) is 1.37. The summed E-state index contributed by atoms with van der Waals surface area (Å²) in [5.41, 5.74) is 0.753. The highest BCUT2D eigenvalue weighted by molar-refractivity contribution is 7.09. The van der Waals surface area contributed by atoms with Crippen LogP contribution in [0, 0.1) is 36.0 Å². The van der Waals surface area contributed by atoms with Crippen molar-refractivity contribution in [3.8, 4) is 6.07 Å². The molecule has 0 aromatic carbocycles. The second kappa shape index (κ2) is 7.44. The molecule has 25 heavy (non-hydrogen) atoms. The highest BCUT2D eigenvalue weighted by Gasteiger charge is 2.42. The van der Waals surface area contributed by atoms with Gasteiger partial charge in [0.2, 0.25) is 0 Å². The lowest BCUT2D eigenvalue weighted by Gasteiger charge is -2.36. The van der Waals surface area contributed by atoms with Gasteiger partial charge < -0.3 is 4.74 Å². The fourth-order valence-corrected chi connectivity index (χ4v) is 4.65. The number of esters is 1. The monoisotopic (exact) mass is 360 g/mol. The van der Waals surface area contributed by atoms with Crippen molar-refractivity contribution in [2.45, 2.75) is 44.9 Å². The van der Waals surface area contributed by atoms with Gasteiger partial charge in [-0.25, -0.2) is 4.98 Å². The van der Waals surface area contributed by atoms with Gasteiger partial charge in [-0.1, -0.05) is 6.42 Å². The molecule has 0 saturated heterocycles. The van der Waals surface area contributed by atoms with Gasteiger partial charge in [0, 0.05) is 22.9 Å². The van der Waals surface area contributed by atoms with E-state index < -0.39 is 24.3 Å². The van der Waals surface area contributed by atoms with E-state index >= 15 is 0 Å². The molecule has 0 N–H and O–H groups in total. The molecule has 7 heteroatoms. The molecule has 4 atom stereocenters. The molecular weight excluding hydrogens is 340 g/mol. The Hall–Kier alpha value is -2.07. The minimum Gasteiger partial charge on any atom is -0.457 e. The summed E-state index contributed by atoms with van der Waals surface area (Å²) in [6.07, 6.45) is 3.78. The molecule has 0 radical (unpaired) electrons. The fraction of sp³-hybridized carbons (Fsp3) is 0.611. The van der Waals surface area contributed by atoms with Crippen molar-refractivity contribution in [2.75, 3.05) is 6.61 Å². The number of hydrogen-bond donors (Lipinski definition) is 0. The number of fused-ring (bicyclic) bond motifs is 2. The van der Waals surface area contributed by atoms with E-state index in [1.54, 1.807) is 12.3 Å². The van der Waals surface area contributed by atoms with Crippen molar-refractivity contribution in [3.63, 3.8) is 0 Å². The third-order valence-electron chi connectivity index (χ3n) is 5.07. The van der Waals surface area contributed by atoms with E-state index in [9.17, 15) is 19.6 Å². The minimum atomic E-state index is -1.00. The first-order valence-electron chi connectivity index (χ1n) is 8.54. The number of rotatable bonds is 5. The van der Waals surface area contributed by atoms with Crippen molar-refractivity contribution in [3.05, 3.63) is 16.1 Å². The van der Waals surface area contributed by atoms with Crippen LogP contribution >= 0.6 is 11.3 Å². The van der Waals surface area contributed by atoms with Crippen LogP contribution in [0.15, 0.2) is 5.38 Å². The van der Waals surface area contributed by atoms with Crippen LogP contribution in [-0.4, -0.2) is 29.1 Å². The largest absolute Gasteiger partial charge is 0.457 e. The number of nitriles is 1. The van der Waals surface area contributed by atoms with Crippen molar-refractivity contribution in [1.29, 1.82) is 5.26 Å². The normalized spacial score (nSPS) is 26.6. The number of nitrogens with zero attached hydrogens (tertiary/aromatic N) is 2. The predicted molar refractivity (Wildman–Crippen MR) is 89.7 cm³/mol. The average Bonchev–Trinajstić information content (AvgIpc) is 2.99. The van der Waals surface area contributed by atoms with Gasteiger partial charge >= 0.3 is 5.97 Å². The lowest BCUT2D eigenvalue weighted by molar-refractivity contribution is -0.156. The van der Waals surface area contributed by atoms with Crippen molar-refractivity contribution >= 4 is 28.9 Å². The summed E-state index contributed by atoms with van der Waals surface area (Å²) in [7, 11) is 0. The van der Waals surface area contributed by atoms with E-state index in [1.165, 1.54) is 11.3 Å². The van der Waals surface area contributed by atoms with Gasteiger partial charge in [0.1, 0.15) is 10.8 Å². The zero-order chi connectivity index (χ0) is 18.0. The summed E-state index contributed by atoms with van der Waals surface area (Å²) in [5, 5.41) is 11.4. The number of Topliss-reactive ketones (excluding diaryl/α,β-unsaturated/α-hetero) is 2. The highest BCUT2D eigenvalue weighted by Crippen LogP contribution is 2.40. The van der Waals surface area contributed by atoms with E-state index in [0.29, 0.717) is 17.8 Å². The number of ketones is 2. The van der Waals surface area contributed by atoms with E-state index in [0.717, 1.165) is 25.0 Å². The third-order valence-corrected chi connectivity index (χ3v) is 6.10. The third kappa shape index (κ3) is 3.79. The number of ether oxygens (including phenoxy) is 1. The Morgan fingerprint density at radius 3 is 2.64 bits per heavy atom. The lowest BCUT2D eigenvalue weighted by atomic mass is 9.67. The minimum absolute atomic E-state index is 0.0362. The van der Waals surface area contributed by atoms with E-state index in [2.05, 4.69) is 4.98 Å². The molecule has 2 saturated carbocycles. The standard InChI is InChI=1S/C18H20N2O4S/c1-10-9-25-17(20-10)14(7-19)15(21)8-24-18(23)13-5-11-3-2-4-12(6-13)16(11)22/h9,11-14H,2-6,8H2,1H3/t11-,12+,13?,14-/m1/s1. The first-order chi connectivity index (χ1) is 12.0. The van der Waals surface area contributed by atoms with Crippen LogP contribution in [0.3, 0.4) is 0 Å². The van der Waals surface area contributed by atoms with Crippen LogP contribution in [0.2, 0.25) is 0 Å². The SMILES string of the molecule is Cc1csc([C@H](C#N)C(=O)COC(=O)C2C[C@H]3CCC[C@@H](C2)C3=O)n1. The van der Waals surface area contributed by atoms with Gasteiger partial charge in [-0.2, -0.15) is 5.26 Å². The van der Waals surface area contributed by atoms with E-state index in [4.69, 9.17) is 4.74 Å². The second-order valence-electron chi connectivity index (χ2n) is 6.86. The van der Waals surface area contributed by atoms with E-state index in [1.807, 2.05) is 6.07 Å². The molecule has 2 fully saturated rings. The molecule has 2 bridgehead atoms. The molecule has 1 aromatic rings. The van der Waals surface area contributed by atoms with Gasteiger partial charge in [-0.15, -0.1) is 11.3 Å². The number of thiazole rings is 1. The molecule has 0 aliphatic heterocycles. The van der Waals surface area contributed by atoms with Crippen molar-refractivity contribution in [2.24, 2.45) is 17.8 Å². The summed E-state index contributed by atoms with van der Waals surface area (Å²) >= 11 is 1.25. The first kappa shape index (κ1) is 17.7. The smallest absolute Gasteiger partial charge is 0.309 e. The number of carbonyl (C=O) groups excluding carboxylic acids is 3. The highest BCUT2D eigenvalue weighted by atomic mass is 32.1. The molecule has 1 heterocycles. The molecule has 0 spiro atoms. The Morgan fingerprint density at radius 1 is 1.40 bits per heavy atom. The van der Waals surface area contributed by atoms with Crippen LogP contribution < -0.4 is 0 Å². The Kier molecular flexibility index (Phi) is 5.28. The Morgan fingerprint density at radius 2 is 2.08 bits per heavy atom. The lowest BCUT2D eigenvalue weighted by Crippen LogP contribution is -2.39. The first-order valence-corrected chi connectivity index (χ1v) is 9.42. The van der Waals surface area contributed by atoms with Crippen LogP contribution in [0.5, 0.6) is 0 Å². The summed E-state index contributed by atoms with van der Waals surface area (Å²) in [6, 6.07) is 1.94. The van der Waals surface area contributed by atoms with Gasteiger partial charge in [0.15, 0.2) is 18.3 Å². The number of hydrogen-bond acceptors (Lipinski definition) is 7. The number of carbonyl (C=O) groups is 3. The Labute approximate surface area is 150 Å². The fourth-order valence-electron chi connectivity index (χ4n) is 3.79. The Bertz CT molecular complexity index is 720. The van der Waals surface area contributed by atoms with Crippen LogP contribution in [0.1, 0.15) is 48.7 Å². The van der Waals surface area contributed by atoms with Gasteiger partial charge in [-0.3, -0.25) is 14.4 Å². The average molecular weight is 360 g/mol. The Balaban J connectivity index is 1.56. The zero-order valence-electron chi connectivity index (χ0n) is 14.1. The molecular formula is C18H20N2O4S. The zero-order valence-corrected chi connectivity index (χ0v) is 14.9. The maximum Gasteiger partial charge on any atom is 0.309 e. The molecule has 6 nitrogen and oxygen atoms in total. The van der Waals surface area contributed by atoms with Crippen LogP contribution in [0.25, 0.3) is 0 Å². The topological polar surface area (TPSA) is 97.1 Å². The number of aryl methyl sites for hydroxylation is 1. The van der Waals surface area contributed by atoms with Crippen LogP contribution in [-0.2, 0) is 19.1 Å². The van der Waals surface area contributed by atoms with E-state index in [-0.39, 0.29) is 23.5 Å². The molecule has 1 unspecified atom stereocenters. The quantitative estimate of drug-likeness (QED) is 0.749. The van der Waals surface area contributed by atoms with Crippen LogP contribution in [0.4, 0.5) is 0 Å². The maximum atomic E-state index is 12.3. The molecule has 1 aromatic heterocycles. The van der Waals surface area contributed by atoms with Gasteiger partial charge in [0.05, 0.1) is 12.0 Å². The maximum absolute atomic E-state index is 12.3. The molecule has 3 rings (SSSR count). The predicted octanol–water partition coefficient (Wildman–Crippen LogP) is 2.57. The molecule has 2 aliphatic rings. The molecule has 0 amide bonds. The van der Waals surface area contributed by atoms with Crippen molar-refractivity contribution < 1.29 is 19.1 Å². The van der Waals surface area contributed by atoms with Gasteiger partial charge in [0.25, 0.3) is 0 Å².